The van der Waals surface area contributed by atoms with Gasteiger partial charge in [0.2, 0.25) is 5.91 Å². The number of hydrogen-bond donors (Lipinski definition) is 1. The second kappa shape index (κ2) is 7.55. The molecule has 1 aromatic heterocycles. The first-order chi connectivity index (χ1) is 12.1. The summed E-state index contributed by atoms with van der Waals surface area (Å²) in [6.45, 7) is 2.88. The third kappa shape index (κ3) is 3.75. The van der Waals surface area contributed by atoms with E-state index in [9.17, 15) is 4.79 Å². The summed E-state index contributed by atoms with van der Waals surface area (Å²) in [6, 6.07) is 5.57. The number of benzene rings is 1. The Bertz CT molecular complexity index is 757. The molecular formula is C18H24N4O3. The first kappa shape index (κ1) is 17.3. The number of rotatable bonds is 7. The second-order valence-electron chi connectivity index (χ2n) is 6.21. The van der Waals surface area contributed by atoms with E-state index in [4.69, 9.17) is 9.47 Å². The summed E-state index contributed by atoms with van der Waals surface area (Å²) in [5.74, 6) is 3.21. The zero-order chi connectivity index (χ0) is 17.8. The number of methoxy groups -OCH3 is 2. The summed E-state index contributed by atoms with van der Waals surface area (Å²) >= 11 is 0. The van der Waals surface area contributed by atoms with Gasteiger partial charge in [-0.25, -0.2) is 0 Å². The first-order valence-electron chi connectivity index (χ1n) is 8.54. The van der Waals surface area contributed by atoms with Crippen molar-refractivity contribution < 1.29 is 14.3 Å². The van der Waals surface area contributed by atoms with E-state index in [2.05, 4.69) is 20.1 Å². The molecule has 134 valence electrons. The van der Waals surface area contributed by atoms with Crippen LogP contribution in [0.1, 0.15) is 43.0 Å². The van der Waals surface area contributed by atoms with Gasteiger partial charge in [-0.15, -0.1) is 10.2 Å². The van der Waals surface area contributed by atoms with Crippen LogP contribution in [0, 0.1) is 0 Å². The molecule has 2 heterocycles. The number of carbonyl (C=O) groups is 1. The van der Waals surface area contributed by atoms with E-state index in [1.54, 1.807) is 14.2 Å². The molecule has 1 atom stereocenters. The molecule has 0 saturated carbocycles. The summed E-state index contributed by atoms with van der Waals surface area (Å²) in [4.78, 5) is 12.3. The average molecular weight is 344 g/mol. The lowest BCUT2D eigenvalue weighted by molar-refractivity contribution is -0.121. The maximum Gasteiger partial charge on any atom is 0.220 e. The predicted molar refractivity (Wildman–Crippen MR) is 92.8 cm³/mol. The number of aryl methyl sites for hydroxylation is 2. The minimum Gasteiger partial charge on any atom is -0.493 e. The normalized spacial score (nSPS) is 14.0. The molecule has 1 unspecified atom stereocenters. The number of fused-ring (bicyclic) bond motifs is 1. The molecule has 1 aliphatic rings. The maximum absolute atomic E-state index is 12.3. The fourth-order valence-electron chi connectivity index (χ4n) is 3.17. The molecule has 1 amide bonds. The van der Waals surface area contributed by atoms with Gasteiger partial charge in [-0.05, 0) is 37.5 Å². The lowest BCUT2D eigenvalue weighted by Gasteiger charge is -2.14. The van der Waals surface area contributed by atoms with Crippen LogP contribution in [0.25, 0.3) is 0 Å². The molecule has 1 aromatic carbocycles. The second-order valence-corrected chi connectivity index (χ2v) is 6.21. The van der Waals surface area contributed by atoms with E-state index in [1.165, 1.54) is 0 Å². The molecular weight excluding hydrogens is 320 g/mol. The Morgan fingerprint density at radius 3 is 2.84 bits per heavy atom. The first-order valence-corrected chi connectivity index (χ1v) is 8.54. The number of hydrogen-bond acceptors (Lipinski definition) is 5. The largest absolute Gasteiger partial charge is 0.493 e. The van der Waals surface area contributed by atoms with E-state index in [0.717, 1.165) is 36.6 Å². The molecule has 0 spiro atoms. The highest BCUT2D eigenvalue weighted by atomic mass is 16.5. The third-order valence-corrected chi connectivity index (χ3v) is 4.49. The minimum absolute atomic E-state index is 0.00219. The highest BCUT2D eigenvalue weighted by Gasteiger charge is 2.22. The van der Waals surface area contributed by atoms with Gasteiger partial charge in [-0.2, -0.15) is 0 Å². The minimum atomic E-state index is -0.141. The lowest BCUT2D eigenvalue weighted by Crippen LogP contribution is -2.28. The van der Waals surface area contributed by atoms with Crippen LogP contribution in [0.4, 0.5) is 0 Å². The van der Waals surface area contributed by atoms with Gasteiger partial charge in [0.15, 0.2) is 17.3 Å². The van der Waals surface area contributed by atoms with Gasteiger partial charge in [0.05, 0.1) is 20.3 Å². The van der Waals surface area contributed by atoms with E-state index in [-0.39, 0.29) is 11.9 Å². The van der Waals surface area contributed by atoms with E-state index in [1.807, 2.05) is 25.1 Å². The molecule has 7 nitrogen and oxygen atoms in total. The number of amides is 1. The molecule has 0 saturated heterocycles. The quantitative estimate of drug-likeness (QED) is 0.832. The van der Waals surface area contributed by atoms with E-state index < -0.39 is 0 Å². The van der Waals surface area contributed by atoms with Crippen LogP contribution in [0.5, 0.6) is 11.5 Å². The molecule has 1 N–H and O–H groups in total. The van der Waals surface area contributed by atoms with Crippen LogP contribution < -0.4 is 14.8 Å². The van der Waals surface area contributed by atoms with Crippen molar-refractivity contribution in [1.29, 1.82) is 0 Å². The molecule has 3 rings (SSSR count). The number of ether oxygens (including phenoxy) is 2. The predicted octanol–water partition coefficient (Wildman–Crippen LogP) is 2.05. The Kier molecular flexibility index (Phi) is 5.21. The number of carbonyl (C=O) groups excluding carboxylic acids is 1. The van der Waals surface area contributed by atoms with E-state index >= 15 is 0 Å². The lowest BCUT2D eigenvalue weighted by atomic mass is 10.1. The molecule has 25 heavy (non-hydrogen) atoms. The van der Waals surface area contributed by atoms with Crippen molar-refractivity contribution in [2.75, 3.05) is 14.2 Å². The van der Waals surface area contributed by atoms with Gasteiger partial charge in [0.1, 0.15) is 5.82 Å². The standard InChI is InChI=1S/C18H24N4O3/c1-12(18-21-20-16-5-4-10-22(16)18)19-17(23)9-7-13-6-8-14(24-2)15(11-13)25-3/h6,8,11-12H,4-5,7,9-10H2,1-3H3,(H,19,23). The Labute approximate surface area is 147 Å². The molecule has 2 aromatic rings. The van der Waals surface area contributed by atoms with Gasteiger partial charge in [-0.1, -0.05) is 6.07 Å². The smallest absolute Gasteiger partial charge is 0.220 e. The Hall–Kier alpha value is -2.57. The summed E-state index contributed by atoms with van der Waals surface area (Å²) in [6.07, 6.45) is 3.10. The third-order valence-electron chi connectivity index (χ3n) is 4.49. The fourth-order valence-corrected chi connectivity index (χ4v) is 3.17. The zero-order valence-corrected chi connectivity index (χ0v) is 14.9. The highest BCUT2D eigenvalue weighted by molar-refractivity contribution is 5.76. The monoisotopic (exact) mass is 344 g/mol. The summed E-state index contributed by atoms with van der Waals surface area (Å²) in [5.41, 5.74) is 1.03. The fraction of sp³-hybridized carbons (Fsp3) is 0.500. The Balaban J connectivity index is 1.56. The van der Waals surface area contributed by atoms with Gasteiger partial charge in [-0.3, -0.25) is 4.79 Å². The molecule has 0 radical (unpaired) electrons. The average Bonchev–Trinajstić information content (AvgIpc) is 3.22. The summed E-state index contributed by atoms with van der Waals surface area (Å²) in [5, 5.41) is 11.4. The van der Waals surface area contributed by atoms with Gasteiger partial charge in [0.25, 0.3) is 0 Å². The maximum atomic E-state index is 12.3. The Morgan fingerprint density at radius 2 is 2.08 bits per heavy atom. The Morgan fingerprint density at radius 1 is 1.28 bits per heavy atom. The molecule has 7 heteroatoms. The molecule has 0 aliphatic carbocycles. The van der Waals surface area contributed by atoms with Crippen LogP contribution in [0.15, 0.2) is 18.2 Å². The van der Waals surface area contributed by atoms with Crippen molar-refractivity contribution >= 4 is 5.91 Å². The van der Waals surface area contributed by atoms with Crippen molar-refractivity contribution in [2.24, 2.45) is 0 Å². The van der Waals surface area contributed by atoms with Crippen LogP contribution in [-0.2, 0) is 24.2 Å². The van der Waals surface area contributed by atoms with Crippen LogP contribution in [0.2, 0.25) is 0 Å². The van der Waals surface area contributed by atoms with E-state index in [0.29, 0.717) is 24.3 Å². The molecule has 1 aliphatic heterocycles. The highest BCUT2D eigenvalue weighted by Crippen LogP contribution is 2.28. The molecule has 0 fully saturated rings. The topological polar surface area (TPSA) is 78.3 Å². The number of nitrogens with one attached hydrogen (secondary N) is 1. The van der Waals surface area contributed by atoms with Crippen molar-refractivity contribution in [2.45, 2.75) is 45.2 Å². The summed E-state index contributed by atoms with van der Waals surface area (Å²) < 4.78 is 12.6. The zero-order valence-electron chi connectivity index (χ0n) is 14.9. The number of aromatic nitrogens is 3. The van der Waals surface area contributed by atoms with Crippen molar-refractivity contribution in [3.05, 3.63) is 35.4 Å². The van der Waals surface area contributed by atoms with Crippen LogP contribution in [0.3, 0.4) is 0 Å². The van der Waals surface area contributed by atoms with Crippen molar-refractivity contribution in [3.63, 3.8) is 0 Å². The molecule has 0 bridgehead atoms. The SMILES string of the molecule is COc1ccc(CCC(=O)NC(C)c2nnc3n2CCC3)cc1OC. The van der Waals surface area contributed by atoms with Gasteiger partial charge in [0, 0.05) is 19.4 Å². The number of nitrogens with zero attached hydrogens (tertiary/aromatic N) is 3. The van der Waals surface area contributed by atoms with Crippen LogP contribution in [-0.4, -0.2) is 34.9 Å². The van der Waals surface area contributed by atoms with Gasteiger partial charge >= 0.3 is 0 Å². The van der Waals surface area contributed by atoms with Crippen LogP contribution >= 0.6 is 0 Å². The van der Waals surface area contributed by atoms with Crippen molar-refractivity contribution in [3.8, 4) is 11.5 Å². The van der Waals surface area contributed by atoms with Crippen molar-refractivity contribution in [1.82, 2.24) is 20.1 Å². The summed E-state index contributed by atoms with van der Waals surface area (Å²) in [7, 11) is 3.21. The van der Waals surface area contributed by atoms with Gasteiger partial charge < -0.3 is 19.4 Å².